The summed E-state index contributed by atoms with van der Waals surface area (Å²) in [5, 5.41) is 0. The summed E-state index contributed by atoms with van der Waals surface area (Å²) in [6, 6.07) is 0.868. The van der Waals surface area contributed by atoms with Gasteiger partial charge in [-0.15, -0.1) is 0 Å². The van der Waals surface area contributed by atoms with Crippen LogP contribution in [0, 0.1) is 11.8 Å². The second kappa shape index (κ2) is 6.02. The van der Waals surface area contributed by atoms with Crippen LogP contribution in [0.25, 0.3) is 0 Å². The molecule has 16 heavy (non-hydrogen) atoms. The highest BCUT2D eigenvalue weighted by atomic mass is 16.5. The molecule has 2 rings (SSSR count). The summed E-state index contributed by atoms with van der Waals surface area (Å²) >= 11 is 0. The van der Waals surface area contributed by atoms with Crippen molar-refractivity contribution in [2.24, 2.45) is 11.8 Å². The molecule has 1 saturated carbocycles. The maximum absolute atomic E-state index is 5.42. The third-order valence-electron chi connectivity index (χ3n) is 4.18. The van der Waals surface area contributed by atoms with E-state index >= 15 is 0 Å². The summed E-state index contributed by atoms with van der Waals surface area (Å²) in [4.78, 5) is 2.66. The van der Waals surface area contributed by atoms with Crippen molar-refractivity contribution in [2.45, 2.75) is 52.0 Å². The molecule has 0 amide bonds. The van der Waals surface area contributed by atoms with Gasteiger partial charge >= 0.3 is 0 Å². The molecule has 0 aromatic rings. The molecule has 94 valence electrons. The molecule has 0 aromatic carbocycles. The van der Waals surface area contributed by atoms with E-state index in [-0.39, 0.29) is 0 Å². The monoisotopic (exact) mass is 225 g/mol. The maximum Gasteiger partial charge on any atom is 0.0594 e. The molecule has 0 spiro atoms. The number of hydrogen-bond donors (Lipinski definition) is 0. The van der Waals surface area contributed by atoms with Crippen molar-refractivity contribution < 1.29 is 4.74 Å². The molecule has 1 saturated heterocycles. The van der Waals surface area contributed by atoms with Gasteiger partial charge in [0.25, 0.3) is 0 Å². The first-order valence-corrected chi connectivity index (χ1v) is 7.07. The number of ether oxygens (including phenoxy) is 1. The minimum Gasteiger partial charge on any atom is -0.379 e. The van der Waals surface area contributed by atoms with Crippen molar-refractivity contribution in [2.75, 3.05) is 26.3 Å². The molecular weight excluding hydrogens is 198 g/mol. The summed E-state index contributed by atoms with van der Waals surface area (Å²) in [5.74, 6) is 1.89. The smallest absolute Gasteiger partial charge is 0.0594 e. The predicted molar refractivity (Wildman–Crippen MR) is 67.6 cm³/mol. The Morgan fingerprint density at radius 3 is 2.25 bits per heavy atom. The molecule has 0 atom stereocenters. The van der Waals surface area contributed by atoms with Gasteiger partial charge in [-0.1, -0.05) is 13.8 Å². The van der Waals surface area contributed by atoms with Crippen molar-refractivity contribution in [3.8, 4) is 0 Å². The van der Waals surface area contributed by atoms with Gasteiger partial charge in [-0.05, 0) is 43.9 Å². The van der Waals surface area contributed by atoms with Crippen molar-refractivity contribution in [1.82, 2.24) is 4.90 Å². The van der Waals surface area contributed by atoms with Crippen LogP contribution in [-0.4, -0.2) is 37.2 Å². The van der Waals surface area contributed by atoms with Gasteiger partial charge in [0.15, 0.2) is 0 Å². The van der Waals surface area contributed by atoms with E-state index < -0.39 is 0 Å². The van der Waals surface area contributed by atoms with Gasteiger partial charge < -0.3 is 4.74 Å². The van der Waals surface area contributed by atoms with Crippen LogP contribution >= 0.6 is 0 Å². The SMILES string of the molecule is CC(C)CC1CCC(N2CCOCC2)CC1. The Labute approximate surface area is 100 Å². The topological polar surface area (TPSA) is 12.5 Å². The molecule has 0 N–H and O–H groups in total. The normalized spacial score (nSPS) is 33.2. The van der Waals surface area contributed by atoms with Crippen LogP contribution in [0.2, 0.25) is 0 Å². The largest absolute Gasteiger partial charge is 0.379 e. The molecule has 1 aliphatic carbocycles. The van der Waals surface area contributed by atoms with Crippen LogP contribution in [0.15, 0.2) is 0 Å². The molecule has 2 heteroatoms. The fourth-order valence-electron chi connectivity index (χ4n) is 3.35. The van der Waals surface area contributed by atoms with Crippen LogP contribution in [0.5, 0.6) is 0 Å². The highest BCUT2D eigenvalue weighted by Crippen LogP contribution is 2.31. The molecule has 2 fully saturated rings. The number of hydrogen-bond acceptors (Lipinski definition) is 2. The summed E-state index contributed by atoms with van der Waals surface area (Å²) in [6.07, 6.45) is 7.21. The van der Waals surface area contributed by atoms with E-state index in [2.05, 4.69) is 18.7 Å². The van der Waals surface area contributed by atoms with E-state index in [9.17, 15) is 0 Å². The van der Waals surface area contributed by atoms with E-state index in [4.69, 9.17) is 4.74 Å². The van der Waals surface area contributed by atoms with E-state index in [1.807, 2.05) is 0 Å². The lowest BCUT2D eigenvalue weighted by Crippen LogP contribution is -2.45. The second-order valence-electron chi connectivity index (χ2n) is 5.95. The average molecular weight is 225 g/mol. The minimum absolute atomic E-state index is 0.868. The van der Waals surface area contributed by atoms with Crippen LogP contribution in [0.3, 0.4) is 0 Å². The summed E-state index contributed by atoms with van der Waals surface area (Å²) in [5.41, 5.74) is 0. The zero-order valence-corrected chi connectivity index (χ0v) is 11.0. The Morgan fingerprint density at radius 1 is 1.06 bits per heavy atom. The first-order chi connectivity index (χ1) is 7.75. The maximum atomic E-state index is 5.42. The van der Waals surface area contributed by atoms with Gasteiger partial charge in [-0.25, -0.2) is 0 Å². The Balaban J connectivity index is 1.71. The lowest BCUT2D eigenvalue weighted by atomic mass is 9.81. The molecule has 2 nitrogen and oxygen atoms in total. The lowest BCUT2D eigenvalue weighted by Gasteiger charge is -2.39. The van der Waals surface area contributed by atoms with E-state index in [0.29, 0.717) is 0 Å². The van der Waals surface area contributed by atoms with Gasteiger partial charge in [0, 0.05) is 19.1 Å². The highest BCUT2D eigenvalue weighted by molar-refractivity contribution is 4.81. The zero-order valence-electron chi connectivity index (χ0n) is 11.0. The Bertz CT molecular complexity index is 191. The van der Waals surface area contributed by atoms with Crippen molar-refractivity contribution >= 4 is 0 Å². The Hall–Kier alpha value is -0.0800. The molecule has 0 bridgehead atoms. The Morgan fingerprint density at radius 2 is 1.69 bits per heavy atom. The molecule has 1 aliphatic heterocycles. The van der Waals surface area contributed by atoms with E-state index in [1.165, 1.54) is 45.2 Å². The summed E-state index contributed by atoms with van der Waals surface area (Å²) in [7, 11) is 0. The van der Waals surface area contributed by atoms with Gasteiger partial charge in [-0.2, -0.15) is 0 Å². The van der Waals surface area contributed by atoms with E-state index in [1.54, 1.807) is 0 Å². The van der Waals surface area contributed by atoms with Gasteiger partial charge in [0.1, 0.15) is 0 Å². The Kier molecular flexibility index (Phi) is 4.66. The van der Waals surface area contributed by atoms with Crippen LogP contribution in [0.4, 0.5) is 0 Å². The third-order valence-corrected chi connectivity index (χ3v) is 4.18. The molecule has 0 radical (unpaired) electrons. The standard InChI is InChI=1S/C14H27NO/c1-12(2)11-13-3-5-14(6-4-13)15-7-9-16-10-8-15/h12-14H,3-11H2,1-2H3. The average Bonchev–Trinajstić information content (AvgIpc) is 2.30. The van der Waals surface area contributed by atoms with Crippen LogP contribution in [-0.2, 0) is 4.74 Å². The van der Waals surface area contributed by atoms with Crippen molar-refractivity contribution in [1.29, 1.82) is 0 Å². The quantitative estimate of drug-likeness (QED) is 0.732. The third kappa shape index (κ3) is 3.46. The second-order valence-corrected chi connectivity index (χ2v) is 5.95. The lowest BCUT2D eigenvalue weighted by molar-refractivity contribution is 0.00421. The van der Waals surface area contributed by atoms with E-state index in [0.717, 1.165) is 31.1 Å². The van der Waals surface area contributed by atoms with Crippen LogP contribution in [0.1, 0.15) is 46.0 Å². The van der Waals surface area contributed by atoms with Crippen molar-refractivity contribution in [3.05, 3.63) is 0 Å². The van der Waals surface area contributed by atoms with Gasteiger partial charge in [0.05, 0.1) is 13.2 Å². The number of nitrogens with zero attached hydrogens (tertiary/aromatic N) is 1. The first-order valence-electron chi connectivity index (χ1n) is 7.07. The summed E-state index contributed by atoms with van der Waals surface area (Å²) < 4.78 is 5.42. The first kappa shape index (κ1) is 12.4. The molecular formula is C14H27NO. The van der Waals surface area contributed by atoms with Gasteiger partial charge in [0.2, 0.25) is 0 Å². The highest BCUT2D eigenvalue weighted by Gasteiger charge is 2.26. The number of rotatable bonds is 3. The fraction of sp³-hybridized carbons (Fsp3) is 1.00. The van der Waals surface area contributed by atoms with Gasteiger partial charge in [-0.3, -0.25) is 4.90 Å². The zero-order chi connectivity index (χ0) is 11.4. The molecule has 0 aromatic heterocycles. The molecule has 1 heterocycles. The molecule has 0 unspecified atom stereocenters. The van der Waals surface area contributed by atoms with Crippen LogP contribution < -0.4 is 0 Å². The fourth-order valence-corrected chi connectivity index (χ4v) is 3.35. The molecule has 2 aliphatic rings. The predicted octanol–water partition coefficient (Wildman–Crippen LogP) is 2.92. The number of morpholine rings is 1. The summed E-state index contributed by atoms with van der Waals surface area (Å²) in [6.45, 7) is 8.94. The van der Waals surface area contributed by atoms with Crippen molar-refractivity contribution in [3.63, 3.8) is 0 Å². The minimum atomic E-state index is 0.868.